The number of ether oxygens (including phenoxy) is 1. The Labute approximate surface area is 148 Å². The fraction of sp³-hybridized carbons (Fsp3) is 0.136. The quantitative estimate of drug-likeness (QED) is 0.685. The molecule has 0 saturated carbocycles. The van der Waals surface area contributed by atoms with E-state index in [1.807, 2.05) is 73.7 Å². The maximum absolute atomic E-state index is 12.0. The summed E-state index contributed by atoms with van der Waals surface area (Å²) < 4.78 is 5.61. The summed E-state index contributed by atoms with van der Waals surface area (Å²) in [6.07, 6.45) is 0.314. The molecule has 3 rings (SSSR count). The summed E-state index contributed by atoms with van der Waals surface area (Å²) in [5.41, 5.74) is 4.22. The number of carbonyl (C=O) groups excluding carboxylic acids is 1. The predicted octanol–water partition coefficient (Wildman–Crippen LogP) is 5.07. The molecule has 0 aliphatic carbocycles. The fourth-order valence-corrected chi connectivity index (χ4v) is 2.57. The average Bonchev–Trinajstić information content (AvgIpc) is 2.63. The monoisotopic (exact) mass is 331 g/mol. The van der Waals surface area contributed by atoms with Crippen LogP contribution in [0.3, 0.4) is 0 Å². The van der Waals surface area contributed by atoms with E-state index in [4.69, 9.17) is 4.74 Å². The third-order valence-electron chi connectivity index (χ3n) is 3.86. The number of anilines is 1. The zero-order chi connectivity index (χ0) is 17.5. The standard InChI is InChI=1S/C22H21NO2/c1-17-6-5-9-21(16-17)25-15-14-22(24)23-20-12-10-19(11-13-20)18-7-3-2-4-8-18/h2-13,16H,14-15H2,1H3,(H,23,24). The Kier molecular flexibility index (Phi) is 5.47. The molecule has 3 aromatic carbocycles. The van der Waals surface area contributed by atoms with Crippen molar-refractivity contribution >= 4 is 11.6 Å². The maximum atomic E-state index is 12.0. The number of benzene rings is 3. The Hall–Kier alpha value is -3.07. The minimum Gasteiger partial charge on any atom is -0.493 e. The first-order chi connectivity index (χ1) is 12.2. The number of hydrogen-bond donors (Lipinski definition) is 1. The highest BCUT2D eigenvalue weighted by Crippen LogP contribution is 2.21. The van der Waals surface area contributed by atoms with Gasteiger partial charge >= 0.3 is 0 Å². The van der Waals surface area contributed by atoms with Gasteiger partial charge < -0.3 is 10.1 Å². The lowest BCUT2D eigenvalue weighted by atomic mass is 10.1. The zero-order valence-electron chi connectivity index (χ0n) is 14.2. The number of nitrogens with one attached hydrogen (secondary N) is 1. The first-order valence-corrected chi connectivity index (χ1v) is 8.35. The van der Waals surface area contributed by atoms with Crippen LogP contribution in [0.2, 0.25) is 0 Å². The molecule has 0 radical (unpaired) electrons. The van der Waals surface area contributed by atoms with E-state index >= 15 is 0 Å². The van der Waals surface area contributed by atoms with Crippen molar-refractivity contribution in [1.29, 1.82) is 0 Å². The van der Waals surface area contributed by atoms with Crippen molar-refractivity contribution < 1.29 is 9.53 Å². The molecule has 0 spiro atoms. The third kappa shape index (κ3) is 4.95. The lowest BCUT2D eigenvalue weighted by Crippen LogP contribution is -2.15. The van der Waals surface area contributed by atoms with Crippen LogP contribution in [-0.4, -0.2) is 12.5 Å². The molecule has 0 aliphatic rings. The summed E-state index contributed by atoms with van der Waals surface area (Å²) in [4.78, 5) is 12.0. The molecule has 0 aromatic heterocycles. The van der Waals surface area contributed by atoms with Gasteiger partial charge in [-0.3, -0.25) is 4.79 Å². The van der Waals surface area contributed by atoms with Crippen molar-refractivity contribution in [3.05, 3.63) is 84.4 Å². The molecule has 3 aromatic rings. The van der Waals surface area contributed by atoms with Gasteiger partial charge in [0, 0.05) is 5.69 Å². The van der Waals surface area contributed by atoms with E-state index in [0.29, 0.717) is 13.0 Å². The van der Waals surface area contributed by atoms with Crippen LogP contribution in [0.1, 0.15) is 12.0 Å². The molecule has 126 valence electrons. The van der Waals surface area contributed by atoms with Crippen molar-refractivity contribution in [1.82, 2.24) is 0 Å². The molecular formula is C22H21NO2. The van der Waals surface area contributed by atoms with E-state index < -0.39 is 0 Å². The van der Waals surface area contributed by atoms with E-state index in [-0.39, 0.29) is 5.91 Å². The second kappa shape index (κ2) is 8.15. The predicted molar refractivity (Wildman–Crippen MR) is 102 cm³/mol. The Morgan fingerprint density at radius 1 is 0.880 bits per heavy atom. The van der Waals surface area contributed by atoms with Gasteiger partial charge in [-0.15, -0.1) is 0 Å². The van der Waals surface area contributed by atoms with E-state index in [1.54, 1.807) is 0 Å². The van der Waals surface area contributed by atoms with Crippen LogP contribution >= 0.6 is 0 Å². The smallest absolute Gasteiger partial charge is 0.227 e. The van der Waals surface area contributed by atoms with Crippen LogP contribution in [-0.2, 0) is 4.79 Å². The minimum atomic E-state index is -0.0554. The van der Waals surface area contributed by atoms with Crippen molar-refractivity contribution in [2.24, 2.45) is 0 Å². The Balaban J connectivity index is 1.49. The number of rotatable bonds is 6. The van der Waals surface area contributed by atoms with Gasteiger partial charge in [-0.2, -0.15) is 0 Å². The minimum absolute atomic E-state index is 0.0554. The van der Waals surface area contributed by atoms with Gasteiger partial charge in [0.05, 0.1) is 13.0 Å². The average molecular weight is 331 g/mol. The van der Waals surface area contributed by atoms with E-state index in [1.165, 1.54) is 0 Å². The largest absolute Gasteiger partial charge is 0.493 e. The molecule has 0 unspecified atom stereocenters. The van der Waals surface area contributed by atoms with Crippen molar-refractivity contribution in [3.63, 3.8) is 0 Å². The van der Waals surface area contributed by atoms with Crippen LogP contribution < -0.4 is 10.1 Å². The van der Waals surface area contributed by atoms with Crippen LogP contribution in [0.4, 0.5) is 5.69 Å². The van der Waals surface area contributed by atoms with Crippen LogP contribution in [0, 0.1) is 6.92 Å². The van der Waals surface area contributed by atoms with Crippen molar-refractivity contribution in [3.8, 4) is 16.9 Å². The van der Waals surface area contributed by atoms with Gasteiger partial charge in [-0.1, -0.05) is 54.6 Å². The molecule has 1 amide bonds. The Morgan fingerprint density at radius 2 is 1.60 bits per heavy atom. The van der Waals surface area contributed by atoms with Gasteiger partial charge in [0.1, 0.15) is 5.75 Å². The van der Waals surface area contributed by atoms with Gasteiger partial charge in [-0.05, 0) is 47.9 Å². The molecule has 0 fully saturated rings. The summed E-state index contributed by atoms with van der Waals surface area (Å²) in [5, 5.41) is 2.90. The summed E-state index contributed by atoms with van der Waals surface area (Å²) >= 11 is 0. The number of amides is 1. The lowest BCUT2D eigenvalue weighted by Gasteiger charge is -2.08. The molecule has 0 bridgehead atoms. The fourth-order valence-electron chi connectivity index (χ4n) is 2.57. The molecule has 0 saturated heterocycles. The number of carbonyl (C=O) groups is 1. The van der Waals surface area contributed by atoms with Gasteiger partial charge in [0.25, 0.3) is 0 Å². The van der Waals surface area contributed by atoms with Gasteiger partial charge in [0.2, 0.25) is 5.91 Å². The molecule has 1 N–H and O–H groups in total. The molecule has 0 atom stereocenters. The Morgan fingerprint density at radius 3 is 2.32 bits per heavy atom. The summed E-state index contributed by atoms with van der Waals surface area (Å²) in [7, 11) is 0. The van der Waals surface area contributed by atoms with Crippen molar-refractivity contribution in [2.75, 3.05) is 11.9 Å². The molecule has 0 aliphatic heterocycles. The third-order valence-corrected chi connectivity index (χ3v) is 3.86. The van der Waals surface area contributed by atoms with E-state index in [2.05, 4.69) is 17.4 Å². The molecule has 25 heavy (non-hydrogen) atoms. The maximum Gasteiger partial charge on any atom is 0.227 e. The molecule has 3 nitrogen and oxygen atoms in total. The highest BCUT2D eigenvalue weighted by molar-refractivity contribution is 5.91. The van der Waals surface area contributed by atoms with Gasteiger partial charge in [-0.25, -0.2) is 0 Å². The SMILES string of the molecule is Cc1cccc(OCCC(=O)Nc2ccc(-c3ccccc3)cc2)c1. The Bertz CT molecular complexity index is 826. The molecule has 0 heterocycles. The number of aryl methyl sites for hydroxylation is 1. The topological polar surface area (TPSA) is 38.3 Å². The van der Waals surface area contributed by atoms with Gasteiger partial charge in [0.15, 0.2) is 0 Å². The molecule has 3 heteroatoms. The number of hydrogen-bond acceptors (Lipinski definition) is 2. The van der Waals surface area contributed by atoms with Crippen LogP contribution in [0.5, 0.6) is 5.75 Å². The lowest BCUT2D eigenvalue weighted by molar-refractivity contribution is -0.116. The van der Waals surface area contributed by atoms with Crippen LogP contribution in [0.25, 0.3) is 11.1 Å². The highest BCUT2D eigenvalue weighted by Gasteiger charge is 2.04. The summed E-state index contributed by atoms with van der Waals surface area (Å²) in [6.45, 7) is 2.37. The van der Waals surface area contributed by atoms with Crippen molar-refractivity contribution in [2.45, 2.75) is 13.3 Å². The van der Waals surface area contributed by atoms with E-state index in [9.17, 15) is 4.79 Å². The summed E-state index contributed by atoms with van der Waals surface area (Å²) in [5.74, 6) is 0.736. The van der Waals surface area contributed by atoms with Crippen LogP contribution in [0.15, 0.2) is 78.9 Å². The van der Waals surface area contributed by atoms with E-state index in [0.717, 1.165) is 28.1 Å². The second-order valence-electron chi connectivity index (χ2n) is 5.91. The first kappa shape index (κ1) is 16.8. The first-order valence-electron chi connectivity index (χ1n) is 8.35. The summed E-state index contributed by atoms with van der Waals surface area (Å²) in [6, 6.07) is 25.8. The highest BCUT2D eigenvalue weighted by atomic mass is 16.5. The zero-order valence-corrected chi connectivity index (χ0v) is 14.2. The normalized spacial score (nSPS) is 10.3. The molecular weight excluding hydrogens is 310 g/mol. The second-order valence-corrected chi connectivity index (χ2v) is 5.91.